The molecular formula is C14H21BrN2. The van der Waals surface area contributed by atoms with E-state index in [0.29, 0.717) is 5.41 Å². The van der Waals surface area contributed by atoms with E-state index in [4.69, 9.17) is 5.73 Å². The van der Waals surface area contributed by atoms with Crippen molar-refractivity contribution < 1.29 is 0 Å². The highest BCUT2D eigenvalue weighted by Crippen LogP contribution is 2.37. The molecule has 1 aliphatic heterocycles. The van der Waals surface area contributed by atoms with E-state index in [9.17, 15) is 0 Å². The second kappa shape index (κ2) is 4.89. The number of anilines is 2. The summed E-state index contributed by atoms with van der Waals surface area (Å²) in [6, 6.07) is 6.09. The Balaban J connectivity index is 2.10. The topological polar surface area (TPSA) is 29.3 Å². The number of halogens is 1. The molecule has 0 bridgehead atoms. The molecule has 0 spiro atoms. The van der Waals surface area contributed by atoms with Crippen molar-refractivity contribution in [3.05, 3.63) is 22.7 Å². The summed E-state index contributed by atoms with van der Waals surface area (Å²) in [6.07, 6.45) is 3.84. The summed E-state index contributed by atoms with van der Waals surface area (Å²) in [5.74, 6) is 0. The normalized spacial score (nSPS) is 19.4. The fourth-order valence-electron chi connectivity index (χ4n) is 2.42. The number of nitrogens with zero attached hydrogens (tertiary/aromatic N) is 1. The molecule has 2 rings (SSSR count). The lowest BCUT2D eigenvalue weighted by molar-refractivity contribution is 0.238. The van der Waals surface area contributed by atoms with Gasteiger partial charge in [0.15, 0.2) is 0 Å². The van der Waals surface area contributed by atoms with Crippen LogP contribution in [0.2, 0.25) is 0 Å². The smallest absolute Gasteiger partial charge is 0.0512 e. The van der Waals surface area contributed by atoms with Crippen molar-refractivity contribution in [3.8, 4) is 0 Å². The van der Waals surface area contributed by atoms with Gasteiger partial charge in [0.1, 0.15) is 0 Å². The van der Waals surface area contributed by atoms with Gasteiger partial charge in [0.25, 0.3) is 0 Å². The first-order valence-electron chi connectivity index (χ1n) is 6.34. The Bertz CT molecular complexity index is 395. The van der Waals surface area contributed by atoms with E-state index in [1.165, 1.54) is 24.9 Å². The molecule has 1 saturated heterocycles. The lowest BCUT2D eigenvalue weighted by atomic mass is 9.78. The lowest BCUT2D eigenvalue weighted by Gasteiger charge is -2.40. The van der Waals surface area contributed by atoms with Crippen molar-refractivity contribution >= 4 is 27.3 Å². The van der Waals surface area contributed by atoms with Gasteiger partial charge in [-0.2, -0.15) is 0 Å². The van der Waals surface area contributed by atoms with Crippen molar-refractivity contribution in [2.45, 2.75) is 33.1 Å². The summed E-state index contributed by atoms with van der Waals surface area (Å²) >= 11 is 3.61. The van der Waals surface area contributed by atoms with Crippen LogP contribution in [0.4, 0.5) is 11.4 Å². The predicted octanol–water partition coefficient (Wildman–Crippen LogP) is 4.05. The zero-order chi connectivity index (χ0) is 12.5. The first-order chi connectivity index (χ1) is 8.04. The van der Waals surface area contributed by atoms with Crippen LogP contribution in [0.25, 0.3) is 0 Å². The van der Waals surface area contributed by atoms with Crippen molar-refractivity contribution in [3.63, 3.8) is 0 Å². The van der Waals surface area contributed by atoms with Crippen LogP contribution >= 0.6 is 15.9 Å². The monoisotopic (exact) mass is 296 g/mol. The summed E-state index contributed by atoms with van der Waals surface area (Å²) in [4.78, 5) is 2.46. The largest absolute Gasteiger partial charge is 0.399 e. The Morgan fingerprint density at radius 1 is 1.35 bits per heavy atom. The standard InChI is InChI=1S/C14H21BrN2/c1-3-14(2)6-8-17(9-7-14)13-5-4-11(16)10-12(13)15/h4-5,10H,3,6-9,16H2,1-2H3. The van der Waals surface area contributed by atoms with Gasteiger partial charge >= 0.3 is 0 Å². The van der Waals surface area contributed by atoms with Crippen LogP contribution in [0.3, 0.4) is 0 Å². The molecule has 0 atom stereocenters. The van der Waals surface area contributed by atoms with Gasteiger partial charge in [0, 0.05) is 23.2 Å². The molecule has 0 amide bonds. The van der Waals surface area contributed by atoms with E-state index in [-0.39, 0.29) is 0 Å². The van der Waals surface area contributed by atoms with E-state index in [0.717, 1.165) is 23.2 Å². The first-order valence-corrected chi connectivity index (χ1v) is 7.13. The maximum Gasteiger partial charge on any atom is 0.0512 e. The van der Waals surface area contributed by atoms with Crippen LogP contribution in [-0.2, 0) is 0 Å². The number of nitrogen functional groups attached to an aromatic ring is 1. The molecule has 1 heterocycles. The zero-order valence-electron chi connectivity index (χ0n) is 10.7. The zero-order valence-corrected chi connectivity index (χ0v) is 12.3. The van der Waals surface area contributed by atoms with E-state index < -0.39 is 0 Å². The Morgan fingerprint density at radius 3 is 2.53 bits per heavy atom. The van der Waals surface area contributed by atoms with E-state index in [1.54, 1.807) is 0 Å². The molecule has 2 nitrogen and oxygen atoms in total. The Kier molecular flexibility index (Phi) is 3.67. The summed E-state index contributed by atoms with van der Waals surface area (Å²) in [6.45, 7) is 7.00. The molecule has 1 aromatic rings. The van der Waals surface area contributed by atoms with Crippen molar-refractivity contribution in [1.82, 2.24) is 0 Å². The molecule has 1 fully saturated rings. The number of hydrogen-bond acceptors (Lipinski definition) is 2. The van der Waals surface area contributed by atoms with E-state index >= 15 is 0 Å². The number of rotatable bonds is 2. The fraction of sp³-hybridized carbons (Fsp3) is 0.571. The van der Waals surface area contributed by atoms with Gasteiger partial charge in [-0.15, -0.1) is 0 Å². The van der Waals surface area contributed by atoms with Crippen LogP contribution in [-0.4, -0.2) is 13.1 Å². The van der Waals surface area contributed by atoms with Gasteiger partial charge in [-0.1, -0.05) is 20.3 Å². The molecule has 1 aromatic carbocycles. The molecule has 94 valence electrons. The van der Waals surface area contributed by atoms with Crippen LogP contribution in [0.5, 0.6) is 0 Å². The third-order valence-corrected chi connectivity index (χ3v) is 4.77. The first kappa shape index (κ1) is 12.7. The minimum atomic E-state index is 0.538. The van der Waals surface area contributed by atoms with Crippen LogP contribution in [0.15, 0.2) is 22.7 Å². The maximum absolute atomic E-state index is 5.77. The molecule has 2 N–H and O–H groups in total. The van der Waals surface area contributed by atoms with Crippen LogP contribution < -0.4 is 10.6 Å². The summed E-state index contributed by atoms with van der Waals surface area (Å²) in [5.41, 5.74) is 8.40. The molecule has 3 heteroatoms. The van der Waals surface area contributed by atoms with Gasteiger partial charge in [-0.05, 0) is 52.4 Å². The molecular weight excluding hydrogens is 276 g/mol. The summed E-state index contributed by atoms with van der Waals surface area (Å²) < 4.78 is 1.11. The van der Waals surface area contributed by atoms with Crippen LogP contribution in [0.1, 0.15) is 33.1 Å². The number of nitrogens with two attached hydrogens (primary N) is 1. The van der Waals surface area contributed by atoms with Crippen molar-refractivity contribution in [2.24, 2.45) is 5.41 Å². The Morgan fingerprint density at radius 2 is 2.00 bits per heavy atom. The Labute approximate surface area is 112 Å². The molecule has 1 aliphatic rings. The number of piperidine rings is 1. The predicted molar refractivity (Wildman–Crippen MR) is 78.4 cm³/mol. The molecule has 0 aromatic heterocycles. The Hall–Kier alpha value is -0.700. The lowest BCUT2D eigenvalue weighted by Crippen LogP contribution is -2.38. The third-order valence-electron chi connectivity index (χ3n) is 4.14. The van der Waals surface area contributed by atoms with Gasteiger partial charge in [0.2, 0.25) is 0 Å². The molecule has 0 radical (unpaired) electrons. The highest BCUT2D eigenvalue weighted by atomic mass is 79.9. The molecule has 0 aliphatic carbocycles. The number of hydrogen-bond donors (Lipinski definition) is 1. The SMILES string of the molecule is CCC1(C)CCN(c2ccc(N)cc2Br)CC1. The maximum atomic E-state index is 5.77. The second-order valence-corrected chi connectivity index (χ2v) is 6.22. The minimum Gasteiger partial charge on any atom is -0.399 e. The van der Waals surface area contributed by atoms with Gasteiger partial charge < -0.3 is 10.6 Å². The average Bonchev–Trinajstić information content (AvgIpc) is 2.31. The molecule has 0 unspecified atom stereocenters. The quantitative estimate of drug-likeness (QED) is 0.834. The fourth-order valence-corrected chi connectivity index (χ4v) is 3.07. The summed E-state index contributed by atoms with van der Waals surface area (Å²) in [7, 11) is 0. The minimum absolute atomic E-state index is 0.538. The van der Waals surface area contributed by atoms with Crippen LogP contribution in [0, 0.1) is 5.41 Å². The van der Waals surface area contributed by atoms with Gasteiger partial charge in [-0.3, -0.25) is 0 Å². The summed E-state index contributed by atoms with van der Waals surface area (Å²) in [5, 5.41) is 0. The van der Waals surface area contributed by atoms with Crippen molar-refractivity contribution in [2.75, 3.05) is 23.7 Å². The van der Waals surface area contributed by atoms with E-state index in [1.807, 2.05) is 12.1 Å². The third kappa shape index (κ3) is 2.76. The number of benzene rings is 1. The second-order valence-electron chi connectivity index (χ2n) is 5.36. The van der Waals surface area contributed by atoms with E-state index in [2.05, 4.69) is 40.7 Å². The average molecular weight is 297 g/mol. The van der Waals surface area contributed by atoms with Crippen molar-refractivity contribution in [1.29, 1.82) is 0 Å². The highest BCUT2D eigenvalue weighted by molar-refractivity contribution is 9.10. The highest BCUT2D eigenvalue weighted by Gasteiger charge is 2.28. The van der Waals surface area contributed by atoms with Gasteiger partial charge in [-0.25, -0.2) is 0 Å². The van der Waals surface area contributed by atoms with Gasteiger partial charge in [0.05, 0.1) is 5.69 Å². The molecule has 0 saturated carbocycles. The molecule has 17 heavy (non-hydrogen) atoms.